The minimum absolute atomic E-state index is 0.137. The Morgan fingerprint density at radius 3 is 2.72 bits per heavy atom. The van der Waals surface area contributed by atoms with E-state index in [1.54, 1.807) is 19.2 Å². The van der Waals surface area contributed by atoms with Crippen LogP contribution in [0.25, 0.3) is 0 Å². The zero-order chi connectivity index (χ0) is 18.2. The molecule has 0 spiro atoms. The van der Waals surface area contributed by atoms with E-state index in [2.05, 4.69) is 10.3 Å². The summed E-state index contributed by atoms with van der Waals surface area (Å²) >= 11 is 0. The van der Waals surface area contributed by atoms with Crippen molar-refractivity contribution in [1.82, 2.24) is 10.2 Å². The first-order valence-corrected chi connectivity index (χ1v) is 8.05. The third kappa shape index (κ3) is 5.00. The topological polar surface area (TPSA) is 93.1 Å². The number of guanidine groups is 1. The van der Waals surface area contributed by atoms with Gasteiger partial charge in [-0.25, -0.2) is 4.99 Å². The molecule has 0 radical (unpaired) electrons. The standard InChI is InChI=1S/C18H24N4O3/c1-4-20-18(21-11-14-9-10-16(25-14)17(19)23)22(2)12-13-7-5-6-8-15(13)24-3/h5-10H,4,11-12H2,1-3H3,(H2,19,23)(H,20,21). The number of carbonyl (C=O) groups excluding carboxylic acids is 1. The number of para-hydroxylation sites is 1. The molecule has 0 aliphatic carbocycles. The monoisotopic (exact) mass is 344 g/mol. The molecule has 2 aromatic rings. The first-order valence-electron chi connectivity index (χ1n) is 8.05. The largest absolute Gasteiger partial charge is 0.496 e. The van der Waals surface area contributed by atoms with Crippen molar-refractivity contribution in [2.24, 2.45) is 10.7 Å². The molecule has 1 heterocycles. The number of nitrogens with two attached hydrogens (primary N) is 1. The fourth-order valence-corrected chi connectivity index (χ4v) is 2.38. The fourth-order valence-electron chi connectivity index (χ4n) is 2.38. The van der Waals surface area contributed by atoms with Gasteiger partial charge < -0.3 is 25.1 Å². The summed E-state index contributed by atoms with van der Waals surface area (Å²) in [4.78, 5) is 17.6. The number of nitrogens with zero attached hydrogens (tertiary/aromatic N) is 2. The van der Waals surface area contributed by atoms with Crippen molar-refractivity contribution in [3.63, 3.8) is 0 Å². The Balaban J connectivity index is 2.10. The van der Waals surface area contributed by atoms with Crippen molar-refractivity contribution in [2.75, 3.05) is 20.7 Å². The van der Waals surface area contributed by atoms with Crippen molar-refractivity contribution >= 4 is 11.9 Å². The molecule has 7 nitrogen and oxygen atoms in total. The minimum atomic E-state index is -0.588. The molecule has 0 bridgehead atoms. The molecule has 0 aliphatic heterocycles. The third-order valence-corrected chi connectivity index (χ3v) is 3.59. The lowest BCUT2D eigenvalue weighted by Crippen LogP contribution is -2.38. The summed E-state index contributed by atoms with van der Waals surface area (Å²) in [6.07, 6.45) is 0. The number of rotatable bonds is 7. The molecule has 7 heteroatoms. The van der Waals surface area contributed by atoms with E-state index >= 15 is 0 Å². The predicted octanol–water partition coefficient (Wildman–Crippen LogP) is 1.98. The Hall–Kier alpha value is -2.96. The van der Waals surface area contributed by atoms with E-state index in [-0.39, 0.29) is 5.76 Å². The predicted molar refractivity (Wildman–Crippen MR) is 96.5 cm³/mol. The van der Waals surface area contributed by atoms with Gasteiger partial charge in [0.05, 0.1) is 7.11 Å². The number of benzene rings is 1. The highest BCUT2D eigenvalue weighted by Crippen LogP contribution is 2.18. The van der Waals surface area contributed by atoms with Gasteiger partial charge in [0.25, 0.3) is 5.91 Å². The third-order valence-electron chi connectivity index (χ3n) is 3.59. The van der Waals surface area contributed by atoms with Crippen molar-refractivity contribution in [2.45, 2.75) is 20.0 Å². The summed E-state index contributed by atoms with van der Waals surface area (Å²) in [6, 6.07) is 11.1. The van der Waals surface area contributed by atoms with Gasteiger partial charge in [0.1, 0.15) is 18.1 Å². The Labute approximate surface area is 147 Å². The summed E-state index contributed by atoms with van der Waals surface area (Å²) in [5.74, 6) is 1.69. The van der Waals surface area contributed by atoms with Crippen LogP contribution in [0.3, 0.4) is 0 Å². The zero-order valence-electron chi connectivity index (χ0n) is 14.8. The molecular weight excluding hydrogens is 320 g/mol. The van der Waals surface area contributed by atoms with Gasteiger partial charge in [-0.05, 0) is 25.1 Å². The van der Waals surface area contributed by atoms with Crippen LogP contribution in [-0.2, 0) is 13.1 Å². The highest BCUT2D eigenvalue weighted by molar-refractivity contribution is 5.89. The summed E-state index contributed by atoms with van der Waals surface area (Å²) in [5.41, 5.74) is 6.25. The summed E-state index contributed by atoms with van der Waals surface area (Å²) in [5, 5.41) is 3.24. The molecule has 0 atom stereocenters. The van der Waals surface area contributed by atoms with Gasteiger partial charge in [-0.3, -0.25) is 4.79 Å². The molecule has 1 aromatic heterocycles. The summed E-state index contributed by atoms with van der Waals surface area (Å²) < 4.78 is 10.8. The van der Waals surface area contributed by atoms with Gasteiger partial charge >= 0.3 is 0 Å². The summed E-state index contributed by atoms with van der Waals surface area (Å²) in [7, 11) is 3.61. The van der Waals surface area contributed by atoms with Gasteiger partial charge in [-0.2, -0.15) is 0 Å². The summed E-state index contributed by atoms with van der Waals surface area (Å²) in [6.45, 7) is 3.69. The van der Waals surface area contributed by atoms with Crippen LogP contribution in [0, 0.1) is 0 Å². The van der Waals surface area contributed by atoms with E-state index < -0.39 is 5.91 Å². The van der Waals surface area contributed by atoms with E-state index in [0.717, 1.165) is 23.8 Å². The maximum Gasteiger partial charge on any atom is 0.284 e. The van der Waals surface area contributed by atoms with Crippen molar-refractivity contribution < 1.29 is 13.9 Å². The van der Waals surface area contributed by atoms with Crippen molar-refractivity contribution in [3.05, 3.63) is 53.5 Å². The van der Waals surface area contributed by atoms with E-state index in [9.17, 15) is 4.79 Å². The Kier molecular flexibility index (Phi) is 6.45. The van der Waals surface area contributed by atoms with Crippen LogP contribution < -0.4 is 15.8 Å². The second kappa shape index (κ2) is 8.77. The molecule has 0 unspecified atom stereocenters. The van der Waals surface area contributed by atoms with Gasteiger partial charge in [0.15, 0.2) is 11.7 Å². The minimum Gasteiger partial charge on any atom is -0.496 e. The van der Waals surface area contributed by atoms with Crippen LogP contribution in [0.4, 0.5) is 0 Å². The molecule has 1 amide bonds. The highest BCUT2D eigenvalue weighted by atomic mass is 16.5. The van der Waals surface area contributed by atoms with E-state index in [4.69, 9.17) is 14.9 Å². The number of hydrogen-bond acceptors (Lipinski definition) is 4. The van der Waals surface area contributed by atoms with Crippen LogP contribution in [-0.4, -0.2) is 37.5 Å². The first-order chi connectivity index (χ1) is 12.0. The smallest absolute Gasteiger partial charge is 0.284 e. The van der Waals surface area contributed by atoms with Gasteiger partial charge in [-0.1, -0.05) is 18.2 Å². The first kappa shape index (κ1) is 18.4. The lowest BCUT2D eigenvalue weighted by Gasteiger charge is -2.23. The number of primary amides is 1. The van der Waals surface area contributed by atoms with Crippen molar-refractivity contribution in [3.8, 4) is 5.75 Å². The maximum atomic E-state index is 11.1. The lowest BCUT2D eigenvalue weighted by molar-refractivity contribution is 0.0972. The number of carbonyl (C=O) groups is 1. The Morgan fingerprint density at radius 1 is 1.32 bits per heavy atom. The van der Waals surface area contributed by atoms with Crippen LogP contribution in [0.2, 0.25) is 0 Å². The lowest BCUT2D eigenvalue weighted by atomic mass is 10.2. The molecule has 1 aromatic carbocycles. The number of ether oxygens (including phenoxy) is 1. The molecule has 0 fully saturated rings. The SMILES string of the molecule is CCNC(=NCc1ccc(C(N)=O)o1)N(C)Cc1ccccc1OC. The molecule has 25 heavy (non-hydrogen) atoms. The molecule has 0 saturated heterocycles. The number of hydrogen-bond donors (Lipinski definition) is 2. The molecule has 2 rings (SSSR count). The number of nitrogens with one attached hydrogen (secondary N) is 1. The van der Waals surface area contributed by atoms with E-state index in [1.165, 1.54) is 0 Å². The van der Waals surface area contributed by atoms with Crippen molar-refractivity contribution in [1.29, 1.82) is 0 Å². The maximum absolute atomic E-state index is 11.1. The molecule has 3 N–H and O–H groups in total. The quantitative estimate of drug-likeness (QED) is 0.592. The Morgan fingerprint density at radius 2 is 2.08 bits per heavy atom. The fraction of sp³-hybridized carbons (Fsp3) is 0.333. The van der Waals surface area contributed by atoms with Crippen LogP contribution in [0.5, 0.6) is 5.75 Å². The zero-order valence-corrected chi connectivity index (χ0v) is 14.8. The number of methoxy groups -OCH3 is 1. The molecule has 0 saturated carbocycles. The highest BCUT2D eigenvalue weighted by Gasteiger charge is 2.11. The van der Waals surface area contributed by atoms with E-state index in [1.807, 2.05) is 43.1 Å². The van der Waals surface area contributed by atoms with Crippen LogP contribution in [0.15, 0.2) is 45.8 Å². The number of amides is 1. The van der Waals surface area contributed by atoms with Gasteiger partial charge in [-0.15, -0.1) is 0 Å². The number of furan rings is 1. The van der Waals surface area contributed by atoms with Gasteiger partial charge in [0.2, 0.25) is 0 Å². The number of aliphatic imine (C=N–C) groups is 1. The van der Waals surface area contributed by atoms with Gasteiger partial charge in [0, 0.05) is 25.7 Å². The second-order valence-electron chi connectivity index (χ2n) is 5.47. The molecule has 0 aliphatic rings. The Bertz CT molecular complexity index is 739. The average Bonchev–Trinajstić information content (AvgIpc) is 3.08. The molecular formula is C18H24N4O3. The normalized spacial score (nSPS) is 11.2. The van der Waals surface area contributed by atoms with Crippen LogP contribution >= 0.6 is 0 Å². The van der Waals surface area contributed by atoms with E-state index in [0.29, 0.717) is 18.8 Å². The second-order valence-corrected chi connectivity index (χ2v) is 5.47. The average molecular weight is 344 g/mol. The molecule has 134 valence electrons. The van der Waals surface area contributed by atoms with Crippen LogP contribution in [0.1, 0.15) is 28.8 Å².